The molecule has 0 heterocycles. The van der Waals surface area contributed by atoms with Crippen LogP contribution in [-0.4, -0.2) is 168 Å². The zero-order valence-corrected chi connectivity index (χ0v) is 10.6. The molecule has 0 bridgehead atoms. The molecule has 0 aromatic heterocycles. The van der Waals surface area contributed by atoms with E-state index < -0.39 is 50.1 Å². The van der Waals surface area contributed by atoms with Gasteiger partial charge in [-0.15, -0.1) is 0 Å². The van der Waals surface area contributed by atoms with Gasteiger partial charge in [0, 0.05) is 13.1 Å². The Morgan fingerprint density at radius 2 is 0.773 bits per heavy atom. The Labute approximate surface area is 185 Å². The average molecular weight is 359 g/mol. The number of carboxylic acid groups (broad SMARTS) is 4. The molecule has 0 rings (SSSR count). The molecule has 0 fully saturated rings. The number of carbonyl (C=O) groups is 4. The molecule has 0 aliphatic rings. The molecule has 0 saturated heterocycles. The first-order valence-electron chi connectivity index (χ1n) is 5.52. The number of nitrogens with zero attached hydrogens (tertiary/aromatic N) is 2. The number of rotatable bonds is 11. The number of hydrogen-bond donors (Lipinski definition) is 4. The molecule has 0 aromatic rings. The summed E-state index contributed by atoms with van der Waals surface area (Å²) in [7, 11) is 0. The van der Waals surface area contributed by atoms with Crippen molar-refractivity contribution in [2.24, 2.45) is 0 Å². The first-order chi connectivity index (χ1) is 9.20. The molecule has 0 radical (unpaired) electrons. The van der Waals surface area contributed by atoms with Crippen molar-refractivity contribution in [3.05, 3.63) is 0 Å². The first-order valence-corrected chi connectivity index (χ1v) is 5.52. The summed E-state index contributed by atoms with van der Waals surface area (Å²) in [6.07, 6.45) is 0. The van der Waals surface area contributed by atoms with Crippen molar-refractivity contribution in [1.29, 1.82) is 0 Å². The van der Waals surface area contributed by atoms with Crippen molar-refractivity contribution >= 4 is 98.3 Å². The fraction of sp³-hybridized carbons (Fsp3) is 0.600. The van der Waals surface area contributed by atoms with Crippen molar-refractivity contribution < 1.29 is 39.6 Å². The number of carboxylic acids is 4. The molecule has 0 aromatic carbocycles. The third-order valence-electron chi connectivity index (χ3n) is 2.17. The molecule has 0 saturated carbocycles. The SMILES string of the molecule is O=C(O)CN(CCN(CC(=O)O)CC(=O)O)CC(=O)O.[KH].[MgH2]. The van der Waals surface area contributed by atoms with Crippen LogP contribution < -0.4 is 0 Å². The summed E-state index contributed by atoms with van der Waals surface area (Å²) >= 11 is 0. The Kier molecular flexibility index (Phi) is 18.2. The van der Waals surface area contributed by atoms with Gasteiger partial charge in [-0.3, -0.25) is 29.0 Å². The van der Waals surface area contributed by atoms with Gasteiger partial charge in [-0.2, -0.15) is 0 Å². The van der Waals surface area contributed by atoms with Crippen LogP contribution >= 0.6 is 0 Å². The summed E-state index contributed by atoms with van der Waals surface area (Å²) in [5.74, 6) is -4.91. The number of hydrogen-bond acceptors (Lipinski definition) is 6. The van der Waals surface area contributed by atoms with Crippen molar-refractivity contribution in [2.75, 3.05) is 39.3 Å². The molecule has 0 aliphatic carbocycles. The molecule has 12 heteroatoms. The Balaban J connectivity index is -0.00000180. The molecule has 0 unspecified atom stereocenters. The van der Waals surface area contributed by atoms with Gasteiger partial charge < -0.3 is 20.4 Å². The van der Waals surface area contributed by atoms with Crippen LogP contribution in [0.25, 0.3) is 0 Å². The summed E-state index contributed by atoms with van der Waals surface area (Å²) < 4.78 is 0. The topological polar surface area (TPSA) is 156 Å². The Bertz CT molecular complexity index is 327. The maximum atomic E-state index is 10.6. The molecule has 22 heavy (non-hydrogen) atoms. The van der Waals surface area contributed by atoms with Gasteiger partial charge in [-0.05, 0) is 0 Å². The van der Waals surface area contributed by atoms with E-state index in [0.29, 0.717) is 0 Å². The van der Waals surface area contributed by atoms with E-state index in [9.17, 15) is 19.2 Å². The van der Waals surface area contributed by atoms with Crippen LogP contribution in [0.15, 0.2) is 0 Å². The maximum absolute atomic E-state index is 10.6. The van der Waals surface area contributed by atoms with Crippen LogP contribution in [0.2, 0.25) is 0 Å². The predicted octanol–water partition coefficient (Wildman–Crippen LogP) is -3.64. The van der Waals surface area contributed by atoms with E-state index >= 15 is 0 Å². The van der Waals surface area contributed by atoms with Gasteiger partial charge in [0.1, 0.15) is 0 Å². The van der Waals surface area contributed by atoms with Crippen LogP contribution in [0.1, 0.15) is 0 Å². The summed E-state index contributed by atoms with van der Waals surface area (Å²) in [4.78, 5) is 44.4. The van der Waals surface area contributed by atoms with E-state index in [-0.39, 0.29) is 87.5 Å². The van der Waals surface area contributed by atoms with E-state index in [1.165, 1.54) is 0 Å². The first kappa shape index (κ1) is 27.1. The van der Waals surface area contributed by atoms with Crippen LogP contribution in [0, 0.1) is 0 Å². The molecular formula is C10H19KMgN2O8. The summed E-state index contributed by atoms with van der Waals surface area (Å²) in [5.41, 5.74) is 0. The van der Waals surface area contributed by atoms with Gasteiger partial charge in [0.25, 0.3) is 0 Å². The smallest absolute Gasteiger partial charge is 0.316 e. The van der Waals surface area contributed by atoms with E-state index in [4.69, 9.17) is 20.4 Å². The van der Waals surface area contributed by atoms with Crippen molar-refractivity contribution in [1.82, 2.24) is 9.80 Å². The van der Waals surface area contributed by atoms with E-state index in [2.05, 4.69) is 0 Å². The maximum Gasteiger partial charge on any atom is 0.316 e. The second-order valence-electron chi connectivity index (χ2n) is 4.00. The molecule has 120 valence electrons. The van der Waals surface area contributed by atoms with E-state index in [1.807, 2.05) is 0 Å². The third-order valence-corrected chi connectivity index (χ3v) is 2.17. The fourth-order valence-corrected chi connectivity index (χ4v) is 1.48. The molecule has 0 spiro atoms. The molecule has 0 aliphatic heterocycles. The second-order valence-corrected chi connectivity index (χ2v) is 4.00. The van der Waals surface area contributed by atoms with Crippen molar-refractivity contribution in [3.63, 3.8) is 0 Å². The summed E-state index contributed by atoms with van der Waals surface area (Å²) in [5, 5.41) is 34.5. The molecule has 0 atom stereocenters. The second kappa shape index (κ2) is 14.8. The van der Waals surface area contributed by atoms with E-state index in [0.717, 1.165) is 9.80 Å². The largest absolute Gasteiger partial charge is 0.316 e. The quantitative estimate of drug-likeness (QED) is 0.272. The standard InChI is InChI=1S/C10H16N2O8.K.Mg.3H/c13-7(14)3-11(4-8(15)16)1-2-12(5-9(17)18)6-10(19)20;;;;;/h1-6H2,(H,13,14)(H,15,16)(H,17,18)(H,19,20);;;;;. The predicted molar refractivity (Wildman–Crippen MR) is 79.1 cm³/mol. The average Bonchev–Trinajstić information content (AvgIpc) is 2.22. The van der Waals surface area contributed by atoms with Crippen LogP contribution in [-0.2, 0) is 19.2 Å². The summed E-state index contributed by atoms with van der Waals surface area (Å²) in [6, 6.07) is 0. The third kappa shape index (κ3) is 16.6. The Morgan fingerprint density at radius 1 is 0.591 bits per heavy atom. The van der Waals surface area contributed by atoms with Gasteiger partial charge >= 0.3 is 98.3 Å². The minimum absolute atomic E-state index is 0. The van der Waals surface area contributed by atoms with Gasteiger partial charge in [-0.1, -0.05) is 0 Å². The molecular weight excluding hydrogens is 340 g/mol. The monoisotopic (exact) mass is 358 g/mol. The van der Waals surface area contributed by atoms with Gasteiger partial charge in [0.15, 0.2) is 0 Å². The zero-order chi connectivity index (χ0) is 15.7. The minimum atomic E-state index is -1.23. The van der Waals surface area contributed by atoms with E-state index in [1.54, 1.807) is 0 Å². The normalized spacial score (nSPS) is 9.73. The zero-order valence-electron chi connectivity index (χ0n) is 10.6. The van der Waals surface area contributed by atoms with Crippen LogP contribution in [0.4, 0.5) is 0 Å². The minimum Gasteiger partial charge on any atom is 0.316 e. The number of aliphatic carboxylic acids is 4. The van der Waals surface area contributed by atoms with Crippen LogP contribution in [0.5, 0.6) is 0 Å². The molecule has 0 amide bonds. The summed E-state index contributed by atoms with van der Waals surface area (Å²) in [6.45, 7) is -2.25. The Hall–Kier alpha value is 0.203. The van der Waals surface area contributed by atoms with Gasteiger partial charge in [-0.25, -0.2) is 0 Å². The van der Waals surface area contributed by atoms with Crippen molar-refractivity contribution in [3.8, 4) is 0 Å². The van der Waals surface area contributed by atoms with Gasteiger partial charge in [0.05, 0.1) is 26.2 Å². The molecule has 10 nitrogen and oxygen atoms in total. The van der Waals surface area contributed by atoms with Crippen LogP contribution in [0.3, 0.4) is 0 Å². The fourth-order valence-electron chi connectivity index (χ4n) is 1.48. The van der Waals surface area contributed by atoms with Crippen molar-refractivity contribution in [2.45, 2.75) is 0 Å². The molecule has 4 N–H and O–H groups in total. The Morgan fingerprint density at radius 3 is 0.909 bits per heavy atom. The van der Waals surface area contributed by atoms with Gasteiger partial charge in [0.2, 0.25) is 0 Å².